The maximum atomic E-state index is 13.1. The first-order valence-corrected chi connectivity index (χ1v) is 10.2. The van der Waals surface area contributed by atoms with Gasteiger partial charge >= 0.3 is 0 Å². The molecule has 1 atom stereocenters. The highest BCUT2D eigenvalue weighted by atomic mass is 35.5. The number of aryl methyl sites for hydroxylation is 1. The van der Waals surface area contributed by atoms with Gasteiger partial charge in [0.05, 0.1) is 4.90 Å². The molecule has 1 aliphatic heterocycles. The molecule has 3 rings (SSSR count). The number of hydrogen-bond donors (Lipinski definition) is 0. The SMILES string of the molecule is Cc1ccc(S(=O)(=O)N2CC=C(Cl)CC2C2CCCCC2)cc1. The molecular weight excluding hydrogens is 330 g/mol. The second-order valence-corrected chi connectivity index (χ2v) is 9.08. The molecule has 23 heavy (non-hydrogen) atoms. The third-order valence-corrected chi connectivity index (χ3v) is 7.30. The van der Waals surface area contributed by atoms with Crippen LogP contribution in [-0.2, 0) is 10.0 Å². The molecule has 126 valence electrons. The van der Waals surface area contributed by atoms with Crippen molar-refractivity contribution in [1.29, 1.82) is 0 Å². The summed E-state index contributed by atoms with van der Waals surface area (Å²) >= 11 is 6.25. The van der Waals surface area contributed by atoms with Crippen molar-refractivity contribution in [3.8, 4) is 0 Å². The van der Waals surface area contributed by atoms with Crippen LogP contribution in [-0.4, -0.2) is 25.3 Å². The summed E-state index contributed by atoms with van der Waals surface area (Å²) in [7, 11) is -3.47. The molecule has 1 aromatic rings. The lowest BCUT2D eigenvalue weighted by molar-refractivity contribution is 0.195. The third-order valence-electron chi connectivity index (χ3n) is 5.09. The van der Waals surface area contributed by atoms with Crippen molar-refractivity contribution in [2.75, 3.05) is 6.54 Å². The summed E-state index contributed by atoms with van der Waals surface area (Å²) < 4.78 is 27.9. The van der Waals surface area contributed by atoms with Crippen molar-refractivity contribution in [1.82, 2.24) is 4.31 Å². The Hall–Kier alpha value is -0.840. The summed E-state index contributed by atoms with van der Waals surface area (Å²) in [6, 6.07) is 7.13. The molecule has 1 aromatic carbocycles. The molecule has 3 nitrogen and oxygen atoms in total. The molecule has 1 saturated carbocycles. The largest absolute Gasteiger partial charge is 0.243 e. The monoisotopic (exact) mass is 353 g/mol. The fourth-order valence-electron chi connectivity index (χ4n) is 3.75. The lowest BCUT2D eigenvalue weighted by atomic mass is 9.82. The van der Waals surface area contributed by atoms with E-state index in [1.54, 1.807) is 16.4 Å². The maximum absolute atomic E-state index is 13.1. The van der Waals surface area contributed by atoms with E-state index in [0.29, 0.717) is 23.8 Å². The van der Waals surface area contributed by atoms with Crippen LogP contribution in [0.15, 0.2) is 40.3 Å². The van der Waals surface area contributed by atoms with Crippen LogP contribution < -0.4 is 0 Å². The first-order valence-electron chi connectivity index (χ1n) is 8.41. The van der Waals surface area contributed by atoms with Gasteiger partial charge in [-0.15, -0.1) is 0 Å². The molecule has 0 aromatic heterocycles. The topological polar surface area (TPSA) is 37.4 Å². The molecule has 1 heterocycles. The molecule has 0 N–H and O–H groups in total. The lowest BCUT2D eigenvalue weighted by Gasteiger charge is -2.39. The summed E-state index contributed by atoms with van der Waals surface area (Å²) in [5.41, 5.74) is 1.06. The first-order chi connectivity index (χ1) is 11.0. The summed E-state index contributed by atoms with van der Waals surface area (Å²) in [5, 5.41) is 0.802. The third kappa shape index (κ3) is 3.65. The van der Waals surface area contributed by atoms with Crippen molar-refractivity contribution in [3.63, 3.8) is 0 Å². The highest BCUT2D eigenvalue weighted by Crippen LogP contribution is 2.37. The number of sulfonamides is 1. The Bertz CT molecular complexity index is 675. The average molecular weight is 354 g/mol. The molecule has 0 radical (unpaired) electrons. The number of benzene rings is 1. The smallest absolute Gasteiger partial charge is 0.207 e. The van der Waals surface area contributed by atoms with E-state index in [-0.39, 0.29) is 6.04 Å². The van der Waals surface area contributed by atoms with E-state index in [9.17, 15) is 8.42 Å². The summed E-state index contributed by atoms with van der Waals surface area (Å²) in [5.74, 6) is 0.423. The number of hydrogen-bond acceptors (Lipinski definition) is 2. The number of halogens is 1. The van der Waals surface area contributed by atoms with Crippen LogP contribution in [0.1, 0.15) is 44.1 Å². The van der Waals surface area contributed by atoms with Crippen LogP contribution in [0.25, 0.3) is 0 Å². The standard InChI is InChI=1S/C18H24ClNO2S/c1-14-7-9-17(10-8-14)23(21,22)20-12-11-16(19)13-18(20)15-5-3-2-4-6-15/h7-11,15,18H,2-6,12-13H2,1H3. The minimum absolute atomic E-state index is 0.000830. The molecule has 0 amide bonds. The minimum atomic E-state index is -3.47. The van der Waals surface area contributed by atoms with Crippen molar-refractivity contribution in [2.24, 2.45) is 5.92 Å². The zero-order chi connectivity index (χ0) is 16.4. The maximum Gasteiger partial charge on any atom is 0.243 e. The molecular formula is C18H24ClNO2S. The van der Waals surface area contributed by atoms with E-state index in [4.69, 9.17) is 11.6 Å². The Labute approximate surface area is 144 Å². The zero-order valence-electron chi connectivity index (χ0n) is 13.5. The Morgan fingerprint density at radius 3 is 2.39 bits per heavy atom. The molecule has 5 heteroatoms. The Morgan fingerprint density at radius 1 is 1.09 bits per heavy atom. The van der Waals surface area contributed by atoms with Crippen LogP contribution in [0.3, 0.4) is 0 Å². The van der Waals surface area contributed by atoms with Crippen LogP contribution in [0, 0.1) is 12.8 Å². The van der Waals surface area contributed by atoms with Gasteiger partial charge in [-0.25, -0.2) is 8.42 Å². The zero-order valence-corrected chi connectivity index (χ0v) is 15.1. The minimum Gasteiger partial charge on any atom is -0.207 e. The van der Waals surface area contributed by atoms with E-state index in [2.05, 4.69) is 0 Å². The fraction of sp³-hybridized carbons (Fsp3) is 0.556. The molecule has 1 aliphatic carbocycles. The first kappa shape index (κ1) is 17.0. The van der Waals surface area contributed by atoms with Crippen molar-refractivity contribution in [2.45, 2.75) is 56.4 Å². The van der Waals surface area contributed by atoms with Gasteiger partial charge < -0.3 is 0 Å². The fourth-order valence-corrected chi connectivity index (χ4v) is 5.60. The second kappa shape index (κ2) is 6.96. The van der Waals surface area contributed by atoms with Gasteiger partial charge in [-0.2, -0.15) is 4.31 Å². The molecule has 0 bridgehead atoms. The van der Waals surface area contributed by atoms with Gasteiger partial charge in [0, 0.05) is 17.6 Å². The second-order valence-electron chi connectivity index (χ2n) is 6.71. The van der Waals surface area contributed by atoms with E-state index < -0.39 is 10.0 Å². The number of rotatable bonds is 3. The van der Waals surface area contributed by atoms with E-state index >= 15 is 0 Å². The van der Waals surface area contributed by atoms with Crippen LogP contribution in [0.5, 0.6) is 0 Å². The normalized spacial score (nSPS) is 24.4. The lowest BCUT2D eigenvalue weighted by Crippen LogP contribution is -2.47. The molecule has 1 fully saturated rings. The Balaban J connectivity index is 1.92. The molecule has 1 unspecified atom stereocenters. The van der Waals surface area contributed by atoms with Gasteiger partial charge in [0.2, 0.25) is 10.0 Å². The molecule has 0 spiro atoms. The van der Waals surface area contributed by atoms with Gasteiger partial charge in [-0.1, -0.05) is 54.6 Å². The van der Waals surface area contributed by atoms with E-state index in [0.717, 1.165) is 23.4 Å². The van der Waals surface area contributed by atoms with Gasteiger partial charge in [0.1, 0.15) is 0 Å². The van der Waals surface area contributed by atoms with Gasteiger partial charge in [0.25, 0.3) is 0 Å². The van der Waals surface area contributed by atoms with E-state index in [1.165, 1.54) is 19.3 Å². The van der Waals surface area contributed by atoms with Crippen molar-refractivity contribution >= 4 is 21.6 Å². The Morgan fingerprint density at radius 2 is 1.74 bits per heavy atom. The molecule has 0 saturated heterocycles. The van der Waals surface area contributed by atoms with Crippen molar-refractivity contribution < 1.29 is 8.42 Å². The predicted molar refractivity (Wildman–Crippen MR) is 94.0 cm³/mol. The van der Waals surface area contributed by atoms with Gasteiger partial charge in [-0.05, 0) is 44.2 Å². The molecule has 2 aliphatic rings. The van der Waals surface area contributed by atoms with E-state index in [1.807, 2.05) is 25.1 Å². The van der Waals surface area contributed by atoms with Gasteiger partial charge in [0.15, 0.2) is 0 Å². The highest BCUT2D eigenvalue weighted by molar-refractivity contribution is 7.89. The summed E-state index contributed by atoms with van der Waals surface area (Å²) in [4.78, 5) is 0.385. The van der Waals surface area contributed by atoms with Crippen LogP contribution in [0.4, 0.5) is 0 Å². The van der Waals surface area contributed by atoms with Gasteiger partial charge in [-0.3, -0.25) is 0 Å². The van der Waals surface area contributed by atoms with Crippen molar-refractivity contribution in [3.05, 3.63) is 40.9 Å². The van der Waals surface area contributed by atoms with Crippen LogP contribution >= 0.6 is 11.6 Å². The Kier molecular flexibility index (Phi) is 5.14. The average Bonchev–Trinajstić information content (AvgIpc) is 2.56. The number of nitrogens with zero attached hydrogens (tertiary/aromatic N) is 1. The summed E-state index contributed by atoms with van der Waals surface area (Å²) in [6.45, 7) is 2.35. The quantitative estimate of drug-likeness (QED) is 0.804. The highest BCUT2D eigenvalue weighted by Gasteiger charge is 2.38. The van der Waals surface area contributed by atoms with Crippen LogP contribution in [0.2, 0.25) is 0 Å². The predicted octanol–water partition coefficient (Wildman–Crippen LogP) is 4.46. The summed E-state index contributed by atoms with van der Waals surface area (Å²) in [6.07, 6.45) is 8.35.